The smallest absolute Gasteiger partial charge is 0.323 e. The lowest BCUT2D eigenvalue weighted by Gasteiger charge is -2.21. The summed E-state index contributed by atoms with van der Waals surface area (Å²) in [4.78, 5) is 23.8. The molecule has 0 fully saturated rings. The SMILES string of the molecule is COc1cccc(C(=O)CC(N)C(=O)OC(C)(C)C)c1. The number of benzene rings is 1. The van der Waals surface area contributed by atoms with Gasteiger partial charge in [0.2, 0.25) is 0 Å². The maximum Gasteiger partial charge on any atom is 0.323 e. The van der Waals surface area contributed by atoms with Gasteiger partial charge in [0, 0.05) is 12.0 Å². The Labute approximate surface area is 119 Å². The van der Waals surface area contributed by atoms with Crippen molar-refractivity contribution in [3.8, 4) is 5.75 Å². The van der Waals surface area contributed by atoms with Crippen LogP contribution in [0.25, 0.3) is 0 Å². The number of ketones is 1. The molecule has 0 spiro atoms. The Morgan fingerprint density at radius 2 is 1.95 bits per heavy atom. The van der Waals surface area contributed by atoms with E-state index >= 15 is 0 Å². The lowest BCUT2D eigenvalue weighted by molar-refractivity contribution is -0.156. The highest BCUT2D eigenvalue weighted by molar-refractivity contribution is 5.99. The topological polar surface area (TPSA) is 78.6 Å². The van der Waals surface area contributed by atoms with E-state index in [0.717, 1.165) is 0 Å². The molecule has 0 aromatic heterocycles. The fourth-order valence-electron chi connectivity index (χ4n) is 1.57. The number of methoxy groups -OCH3 is 1. The van der Waals surface area contributed by atoms with Crippen LogP contribution in [0.15, 0.2) is 24.3 Å². The van der Waals surface area contributed by atoms with E-state index in [1.807, 2.05) is 0 Å². The standard InChI is InChI=1S/C15H21NO4/c1-15(2,3)20-14(18)12(16)9-13(17)10-6-5-7-11(8-10)19-4/h5-8,12H,9,16H2,1-4H3. The van der Waals surface area contributed by atoms with Gasteiger partial charge in [-0.3, -0.25) is 9.59 Å². The van der Waals surface area contributed by atoms with Gasteiger partial charge in [-0.05, 0) is 32.9 Å². The predicted molar refractivity (Wildman–Crippen MR) is 75.8 cm³/mol. The van der Waals surface area contributed by atoms with Crippen molar-refractivity contribution in [2.45, 2.75) is 38.8 Å². The van der Waals surface area contributed by atoms with Crippen molar-refractivity contribution in [2.24, 2.45) is 5.73 Å². The highest BCUT2D eigenvalue weighted by Gasteiger charge is 2.24. The predicted octanol–water partition coefficient (Wildman–Crippen LogP) is 1.94. The van der Waals surface area contributed by atoms with E-state index in [1.54, 1.807) is 45.0 Å². The van der Waals surface area contributed by atoms with Gasteiger partial charge >= 0.3 is 5.97 Å². The van der Waals surface area contributed by atoms with Crippen LogP contribution in [0.4, 0.5) is 0 Å². The Balaban J connectivity index is 2.67. The van der Waals surface area contributed by atoms with Gasteiger partial charge in [0.15, 0.2) is 5.78 Å². The molecule has 1 rings (SSSR count). The van der Waals surface area contributed by atoms with Crippen molar-refractivity contribution < 1.29 is 19.1 Å². The van der Waals surface area contributed by atoms with E-state index in [1.165, 1.54) is 7.11 Å². The summed E-state index contributed by atoms with van der Waals surface area (Å²) >= 11 is 0. The van der Waals surface area contributed by atoms with Gasteiger partial charge in [0.1, 0.15) is 17.4 Å². The van der Waals surface area contributed by atoms with Gasteiger partial charge in [0.05, 0.1) is 7.11 Å². The first-order chi connectivity index (χ1) is 9.23. The van der Waals surface area contributed by atoms with E-state index in [4.69, 9.17) is 15.2 Å². The van der Waals surface area contributed by atoms with E-state index < -0.39 is 17.6 Å². The number of carbonyl (C=O) groups excluding carboxylic acids is 2. The molecule has 0 amide bonds. The molecule has 5 nitrogen and oxygen atoms in total. The normalized spacial score (nSPS) is 12.7. The number of rotatable bonds is 5. The molecular formula is C15H21NO4. The molecular weight excluding hydrogens is 258 g/mol. The Kier molecular flexibility index (Phi) is 5.27. The van der Waals surface area contributed by atoms with Gasteiger partial charge in [0.25, 0.3) is 0 Å². The minimum absolute atomic E-state index is 0.0952. The summed E-state index contributed by atoms with van der Waals surface area (Å²) in [6.07, 6.45) is -0.0952. The number of Topliss-reactive ketones (excluding diaryl/α,β-unsaturated/α-hetero) is 1. The number of nitrogens with two attached hydrogens (primary N) is 1. The Bertz CT molecular complexity index is 491. The summed E-state index contributed by atoms with van der Waals surface area (Å²) in [6, 6.07) is 5.76. The lowest BCUT2D eigenvalue weighted by atomic mass is 10.0. The second-order valence-electron chi connectivity index (χ2n) is 5.50. The monoisotopic (exact) mass is 279 g/mol. The molecule has 0 saturated heterocycles. The molecule has 1 aromatic carbocycles. The summed E-state index contributed by atoms with van der Waals surface area (Å²) in [7, 11) is 1.52. The average Bonchev–Trinajstić information content (AvgIpc) is 2.36. The van der Waals surface area contributed by atoms with Crippen LogP contribution in [0.5, 0.6) is 5.75 Å². The van der Waals surface area contributed by atoms with Crippen LogP contribution in [-0.2, 0) is 9.53 Å². The first kappa shape index (κ1) is 16.2. The number of hydrogen-bond donors (Lipinski definition) is 1. The van der Waals surface area contributed by atoms with Crippen molar-refractivity contribution in [3.05, 3.63) is 29.8 Å². The van der Waals surface area contributed by atoms with Gasteiger partial charge < -0.3 is 15.2 Å². The van der Waals surface area contributed by atoms with Crippen LogP contribution in [0.1, 0.15) is 37.6 Å². The van der Waals surface area contributed by atoms with Crippen LogP contribution in [-0.4, -0.2) is 30.5 Å². The number of carbonyl (C=O) groups is 2. The van der Waals surface area contributed by atoms with Crippen molar-refractivity contribution >= 4 is 11.8 Å². The van der Waals surface area contributed by atoms with Crippen LogP contribution < -0.4 is 10.5 Å². The zero-order valence-electron chi connectivity index (χ0n) is 12.3. The first-order valence-corrected chi connectivity index (χ1v) is 6.38. The molecule has 0 aliphatic rings. The fraction of sp³-hybridized carbons (Fsp3) is 0.467. The van der Waals surface area contributed by atoms with E-state index in [9.17, 15) is 9.59 Å². The minimum atomic E-state index is -0.965. The van der Waals surface area contributed by atoms with Crippen molar-refractivity contribution in [1.29, 1.82) is 0 Å². The van der Waals surface area contributed by atoms with Crippen LogP contribution in [0, 0.1) is 0 Å². The largest absolute Gasteiger partial charge is 0.497 e. The Morgan fingerprint density at radius 1 is 1.30 bits per heavy atom. The molecule has 0 aliphatic carbocycles. The van der Waals surface area contributed by atoms with Crippen molar-refractivity contribution in [1.82, 2.24) is 0 Å². The maximum absolute atomic E-state index is 12.0. The third kappa shape index (κ3) is 5.01. The quantitative estimate of drug-likeness (QED) is 0.658. The first-order valence-electron chi connectivity index (χ1n) is 6.38. The molecule has 2 N–H and O–H groups in total. The molecule has 0 aliphatic heterocycles. The average molecular weight is 279 g/mol. The minimum Gasteiger partial charge on any atom is -0.497 e. The van der Waals surface area contributed by atoms with Gasteiger partial charge in [-0.2, -0.15) is 0 Å². The molecule has 5 heteroatoms. The second-order valence-corrected chi connectivity index (χ2v) is 5.50. The molecule has 1 atom stereocenters. The Hall–Kier alpha value is -1.88. The zero-order chi connectivity index (χ0) is 15.3. The number of esters is 1. The molecule has 1 aromatic rings. The van der Waals surface area contributed by atoms with Gasteiger partial charge in [-0.15, -0.1) is 0 Å². The molecule has 0 heterocycles. The van der Waals surface area contributed by atoms with Crippen LogP contribution >= 0.6 is 0 Å². The van der Waals surface area contributed by atoms with Crippen LogP contribution in [0.3, 0.4) is 0 Å². The van der Waals surface area contributed by atoms with Crippen molar-refractivity contribution in [3.63, 3.8) is 0 Å². The third-order valence-electron chi connectivity index (χ3n) is 2.51. The van der Waals surface area contributed by atoms with Gasteiger partial charge in [-0.25, -0.2) is 0 Å². The van der Waals surface area contributed by atoms with Crippen LogP contribution in [0.2, 0.25) is 0 Å². The Morgan fingerprint density at radius 3 is 2.50 bits per heavy atom. The molecule has 1 unspecified atom stereocenters. The molecule has 0 saturated carbocycles. The molecule has 0 bridgehead atoms. The van der Waals surface area contributed by atoms with E-state index in [0.29, 0.717) is 11.3 Å². The molecule has 20 heavy (non-hydrogen) atoms. The number of hydrogen-bond acceptors (Lipinski definition) is 5. The highest BCUT2D eigenvalue weighted by Crippen LogP contribution is 2.15. The summed E-state index contributed by atoms with van der Waals surface area (Å²) in [6.45, 7) is 5.25. The lowest BCUT2D eigenvalue weighted by Crippen LogP contribution is -2.38. The fourth-order valence-corrected chi connectivity index (χ4v) is 1.57. The van der Waals surface area contributed by atoms with E-state index in [-0.39, 0.29) is 12.2 Å². The summed E-state index contributed by atoms with van der Waals surface area (Å²) in [5, 5.41) is 0. The maximum atomic E-state index is 12.0. The molecule has 110 valence electrons. The van der Waals surface area contributed by atoms with Crippen molar-refractivity contribution in [2.75, 3.05) is 7.11 Å². The zero-order valence-corrected chi connectivity index (χ0v) is 12.3. The summed E-state index contributed by atoms with van der Waals surface area (Å²) < 4.78 is 10.2. The number of ether oxygens (including phenoxy) is 2. The second kappa shape index (κ2) is 6.52. The van der Waals surface area contributed by atoms with E-state index in [2.05, 4.69) is 0 Å². The third-order valence-corrected chi connectivity index (χ3v) is 2.51. The summed E-state index contributed by atoms with van der Waals surface area (Å²) in [5.74, 6) is -0.210. The van der Waals surface area contributed by atoms with Gasteiger partial charge in [-0.1, -0.05) is 12.1 Å². The molecule has 0 radical (unpaired) electrons. The highest BCUT2D eigenvalue weighted by atomic mass is 16.6. The summed E-state index contributed by atoms with van der Waals surface area (Å²) in [5.41, 5.74) is 5.55.